The monoisotopic (exact) mass is 378 g/mol. The number of aromatic nitrogens is 2. The second-order valence-corrected chi connectivity index (χ2v) is 7.03. The number of morpholine rings is 1. The second kappa shape index (κ2) is 8.02. The number of benzene rings is 2. The van der Waals surface area contributed by atoms with E-state index in [-0.39, 0.29) is 6.10 Å². The summed E-state index contributed by atoms with van der Waals surface area (Å²) in [7, 11) is 3.73. The number of fused-ring (bicyclic) bond motifs is 1. The van der Waals surface area contributed by atoms with Crippen molar-refractivity contribution in [1.82, 2.24) is 9.97 Å². The van der Waals surface area contributed by atoms with Crippen LogP contribution in [0, 0.1) is 0 Å². The number of anilines is 2. The van der Waals surface area contributed by atoms with Crippen molar-refractivity contribution in [2.45, 2.75) is 13.0 Å². The zero-order valence-electron chi connectivity index (χ0n) is 16.6. The fourth-order valence-electron chi connectivity index (χ4n) is 3.51. The van der Waals surface area contributed by atoms with Gasteiger partial charge in [-0.25, -0.2) is 9.97 Å². The third-order valence-electron chi connectivity index (χ3n) is 5.34. The van der Waals surface area contributed by atoms with E-state index in [1.54, 1.807) is 13.4 Å². The maximum atomic E-state index is 6.09. The fourth-order valence-corrected chi connectivity index (χ4v) is 3.51. The Bertz CT molecular complexity index is 962. The standard InChI is InChI=1S/C22H26N4O2/c1-4-25(2)21-13-22(24-15-23-21)26-9-10-28-20(14-26)18-6-5-17-12-19(27-3)8-7-16(17)11-18/h5-8,11-13,15,20H,4,9-10,14H2,1-3H3/t20-/m0/s1. The van der Waals surface area contributed by atoms with Crippen molar-refractivity contribution in [3.63, 3.8) is 0 Å². The van der Waals surface area contributed by atoms with Crippen LogP contribution in [0.15, 0.2) is 48.8 Å². The highest BCUT2D eigenvalue weighted by atomic mass is 16.5. The molecule has 0 unspecified atom stereocenters. The van der Waals surface area contributed by atoms with Gasteiger partial charge in [0, 0.05) is 32.7 Å². The average molecular weight is 378 g/mol. The Kier molecular flexibility index (Phi) is 5.30. The molecule has 1 fully saturated rings. The van der Waals surface area contributed by atoms with Crippen molar-refractivity contribution >= 4 is 22.4 Å². The van der Waals surface area contributed by atoms with Crippen LogP contribution in [-0.2, 0) is 4.74 Å². The van der Waals surface area contributed by atoms with Gasteiger partial charge in [-0.15, -0.1) is 0 Å². The van der Waals surface area contributed by atoms with Crippen molar-refractivity contribution in [3.8, 4) is 5.75 Å². The van der Waals surface area contributed by atoms with E-state index in [0.717, 1.165) is 37.0 Å². The Morgan fingerprint density at radius 2 is 1.96 bits per heavy atom. The first-order chi connectivity index (χ1) is 13.7. The molecule has 1 aromatic heterocycles. The molecule has 1 aliphatic rings. The highest BCUT2D eigenvalue weighted by Crippen LogP contribution is 2.29. The molecule has 1 saturated heterocycles. The fraction of sp³-hybridized carbons (Fsp3) is 0.364. The molecule has 4 rings (SSSR count). The van der Waals surface area contributed by atoms with Gasteiger partial charge in [-0.2, -0.15) is 0 Å². The number of methoxy groups -OCH3 is 1. The van der Waals surface area contributed by atoms with Gasteiger partial charge < -0.3 is 19.3 Å². The summed E-state index contributed by atoms with van der Waals surface area (Å²) in [6.07, 6.45) is 1.66. The Hall–Kier alpha value is -2.86. The topological polar surface area (TPSA) is 50.7 Å². The van der Waals surface area contributed by atoms with Crippen LogP contribution in [-0.4, -0.2) is 50.4 Å². The van der Waals surface area contributed by atoms with Crippen LogP contribution in [0.5, 0.6) is 5.75 Å². The van der Waals surface area contributed by atoms with Crippen molar-refractivity contribution in [1.29, 1.82) is 0 Å². The lowest BCUT2D eigenvalue weighted by Crippen LogP contribution is -2.39. The van der Waals surface area contributed by atoms with E-state index in [9.17, 15) is 0 Å². The second-order valence-electron chi connectivity index (χ2n) is 7.03. The normalized spacial score (nSPS) is 17.0. The molecule has 6 nitrogen and oxygen atoms in total. The Balaban J connectivity index is 1.56. The van der Waals surface area contributed by atoms with E-state index in [1.807, 2.05) is 13.1 Å². The number of hydrogen-bond acceptors (Lipinski definition) is 6. The number of ether oxygens (including phenoxy) is 2. The number of nitrogens with zero attached hydrogens (tertiary/aromatic N) is 4. The molecule has 0 amide bonds. The third-order valence-corrected chi connectivity index (χ3v) is 5.34. The van der Waals surface area contributed by atoms with E-state index in [0.29, 0.717) is 6.61 Å². The lowest BCUT2D eigenvalue weighted by Gasteiger charge is -2.34. The van der Waals surface area contributed by atoms with Crippen LogP contribution in [0.2, 0.25) is 0 Å². The molecule has 0 radical (unpaired) electrons. The van der Waals surface area contributed by atoms with Gasteiger partial charge in [0.05, 0.1) is 13.7 Å². The lowest BCUT2D eigenvalue weighted by atomic mass is 10.0. The third kappa shape index (κ3) is 3.73. The number of hydrogen-bond donors (Lipinski definition) is 0. The molecule has 2 heterocycles. The minimum absolute atomic E-state index is 0.0163. The summed E-state index contributed by atoms with van der Waals surface area (Å²) in [5.41, 5.74) is 1.18. The molecule has 0 aliphatic carbocycles. The number of rotatable bonds is 5. The van der Waals surface area contributed by atoms with Crippen molar-refractivity contribution < 1.29 is 9.47 Å². The summed E-state index contributed by atoms with van der Waals surface area (Å²) < 4.78 is 11.4. The van der Waals surface area contributed by atoms with Gasteiger partial charge in [0.25, 0.3) is 0 Å². The van der Waals surface area contributed by atoms with Crippen LogP contribution < -0.4 is 14.5 Å². The minimum atomic E-state index is 0.0163. The molecule has 0 bridgehead atoms. The van der Waals surface area contributed by atoms with Gasteiger partial charge in [0.2, 0.25) is 0 Å². The van der Waals surface area contributed by atoms with Gasteiger partial charge >= 0.3 is 0 Å². The highest BCUT2D eigenvalue weighted by Gasteiger charge is 2.23. The summed E-state index contributed by atoms with van der Waals surface area (Å²) in [5, 5.41) is 2.35. The summed E-state index contributed by atoms with van der Waals surface area (Å²) >= 11 is 0. The summed E-state index contributed by atoms with van der Waals surface area (Å²) in [6.45, 7) is 5.29. The zero-order valence-corrected chi connectivity index (χ0v) is 16.6. The molecule has 0 spiro atoms. The van der Waals surface area contributed by atoms with Crippen molar-refractivity contribution in [2.75, 3.05) is 50.2 Å². The van der Waals surface area contributed by atoms with Crippen LogP contribution >= 0.6 is 0 Å². The van der Waals surface area contributed by atoms with Gasteiger partial charge in [-0.05, 0) is 41.5 Å². The SMILES string of the molecule is CCN(C)c1cc(N2CCO[C@H](c3ccc4cc(OC)ccc4c3)C2)ncn1. The highest BCUT2D eigenvalue weighted by molar-refractivity contribution is 5.84. The van der Waals surface area contributed by atoms with Crippen LogP contribution in [0.25, 0.3) is 10.8 Å². The van der Waals surface area contributed by atoms with E-state index in [1.165, 1.54) is 16.3 Å². The van der Waals surface area contributed by atoms with E-state index in [2.05, 4.69) is 63.1 Å². The van der Waals surface area contributed by atoms with E-state index >= 15 is 0 Å². The molecule has 28 heavy (non-hydrogen) atoms. The summed E-state index contributed by atoms with van der Waals surface area (Å²) in [6, 6.07) is 14.7. The summed E-state index contributed by atoms with van der Waals surface area (Å²) in [4.78, 5) is 13.3. The Morgan fingerprint density at radius 1 is 1.14 bits per heavy atom. The molecule has 1 aliphatic heterocycles. The molecule has 6 heteroatoms. The lowest BCUT2D eigenvalue weighted by molar-refractivity contribution is 0.0396. The molecular formula is C22H26N4O2. The van der Waals surface area contributed by atoms with Gasteiger partial charge in [-0.1, -0.05) is 18.2 Å². The quantitative estimate of drug-likeness (QED) is 0.675. The van der Waals surface area contributed by atoms with Gasteiger partial charge in [-0.3, -0.25) is 0 Å². The first kappa shape index (κ1) is 18.5. The Labute approximate surface area is 165 Å². The molecule has 2 aromatic carbocycles. The van der Waals surface area contributed by atoms with E-state index in [4.69, 9.17) is 9.47 Å². The minimum Gasteiger partial charge on any atom is -0.497 e. The largest absolute Gasteiger partial charge is 0.497 e. The maximum Gasteiger partial charge on any atom is 0.134 e. The predicted octanol–water partition coefficient (Wildman–Crippen LogP) is 3.67. The smallest absolute Gasteiger partial charge is 0.134 e. The average Bonchev–Trinajstić information content (AvgIpc) is 2.78. The molecule has 3 aromatic rings. The molecule has 0 N–H and O–H groups in total. The molecular weight excluding hydrogens is 352 g/mol. The maximum absolute atomic E-state index is 6.09. The van der Waals surface area contributed by atoms with Crippen LogP contribution in [0.1, 0.15) is 18.6 Å². The van der Waals surface area contributed by atoms with Gasteiger partial charge in [0.15, 0.2) is 0 Å². The Morgan fingerprint density at radius 3 is 2.79 bits per heavy atom. The molecule has 146 valence electrons. The zero-order chi connectivity index (χ0) is 19.5. The molecule has 0 saturated carbocycles. The summed E-state index contributed by atoms with van der Waals surface area (Å²) in [5.74, 6) is 2.76. The first-order valence-corrected chi connectivity index (χ1v) is 9.65. The van der Waals surface area contributed by atoms with Gasteiger partial charge in [0.1, 0.15) is 29.8 Å². The first-order valence-electron chi connectivity index (χ1n) is 9.65. The molecule has 1 atom stereocenters. The van der Waals surface area contributed by atoms with Crippen molar-refractivity contribution in [2.24, 2.45) is 0 Å². The predicted molar refractivity (Wildman–Crippen MR) is 112 cm³/mol. The van der Waals surface area contributed by atoms with E-state index < -0.39 is 0 Å². The van der Waals surface area contributed by atoms with Crippen LogP contribution in [0.3, 0.4) is 0 Å². The van der Waals surface area contributed by atoms with Crippen LogP contribution in [0.4, 0.5) is 11.6 Å². The van der Waals surface area contributed by atoms with Crippen molar-refractivity contribution in [3.05, 3.63) is 54.4 Å².